The second kappa shape index (κ2) is 7.04. The Labute approximate surface area is 149 Å². The van der Waals surface area contributed by atoms with E-state index in [1.54, 1.807) is 13.0 Å². The van der Waals surface area contributed by atoms with Gasteiger partial charge in [0, 0.05) is 10.9 Å². The van der Waals surface area contributed by atoms with Gasteiger partial charge in [-0.15, -0.1) is 0 Å². The highest BCUT2D eigenvalue weighted by Crippen LogP contribution is 2.42. The Morgan fingerprint density at radius 3 is 2.88 bits per heavy atom. The van der Waals surface area contributed by atoms with Gasteiger partial charge in [-0.2, -0.15) is 0 Å². The van der Waals surface area contributed by atoms with Gasteiger partial charge < -0.3 is 14.5 Å². The molecule has 0 spiro atoms. The van der Waals surface area contributed by atoms with Crippen LogP contribution in [0.2, 0.25) is 0 Å². The molecule has 0 saturated heterocycles. The van der Waals surface area contributed by atoms with Crippen LogP contribution in [0.3, 0.4) is 0 Å². The number of esters is 1. The second-order valence-electron chi connectivity index (χ2n) is 6.67. The molecule has 1 N–H and O–H groups in total. The van der Waals surface area contributed by atoms with Crippen molar-refractivity contribution in [3.63, 3.8) is 0 Å². The molecule has 0 saturated carbocycles. The Morgan fingerprint density at radius 1 is 1.40 bits per heavy atom. The van der Waals surface area contributed by atoms with Crippen LogP contribution in [0.15, 0.2) is 30.0 Å². The Hall–Kier alpha value is -2.07. The van der Waals surface area contributed by atoms with E-state index in [1.807, 2.05) is 6.92 Å². The topological polar surface area (TPSA) is 51.3 Å². The first kappa shape index (κ1) is 17.7. The Morgan fingerprint density at radius 2 is 2.20 bits per heavy atom. The summed E-state index contributed by atoms with van der Waals surface area (Å²) >= 11 is 0. The van der Waals surface area contributed by atoms with Crippen LogP contribution in [0.25, 0.3) is 10.9 Å². The fraction of sp³-hybridized carbons (Fsp3) is 0.476. The molecule has 1 aromatic heterocycles. The summed E-state index contributed by atoms with van der Waals surface area (Å²) in [5.74, 6) is 0.372. The number of allylic oxidation sites excluding steroid dienone is 2. The van der Waals surface area contributed by atoms with Gasteiger partial charge >= 0.3 is 5.97 Å². The molecule has 1 aliphatic rings. The predicted molar refractivity (Wildman–Crippen MR) is 99.4 cm³/mol. The second-order valence-corrected chi connectivity index (χ2v) is 6.67. The molecule has 2 heterocycles. The van der Waals surface area contributed by atoms with Crippen LogP contribution in [0.1, 0.15) is 57.4 Å². The molecule has 25 heavy (non-hydrogen) atoms. The lowest BCUT2D eigenvalue weighted by atomic mass is 9.86. The van der Waals surface area contributed by atoms with Gasteiger partial charge in [0.15, 0.2) is 0 Å². The van der Waals surface area contributed by atoms with Gasteiger partial charge in [0.2, 0.25) is 0 Å². The highest BCUT2D eigenvalue weighted by molar-refractivity contribution is 5.88. The monoisotopic (exact) mass is 341 g/mol. The van der Waals surface area contributed by atoms with Crippen molar-refractivity contribution in [1.29, 1.82) is 0 Å². The van der Waals surface area contributed by atoms with Gasteiger partial charge in [-0.1, -0.05) is 32.0 Å². The maximum Gasteiger partial charge on any atom is 0.314 e. The number of hydrogen-bond donors (Lipinski definition) is 1. The number of nitrogens with one attached hydrogen (secondary N) is 1. The molecule has 3 rings (SSSR count). The number of aryl methyl sites for hydroxylation is 1. The average molecular weight is 341 g/mol. The van der Waals surface area contributed by atoms with Crippen LogP contribution in [0, 0.1) is 0 Å². The van der Waals surface area contributed by atoms with Crippen molar-refractivity contribution in [1.82, 2.24) is 4.98 Å². The van der Waals surface area contributed by atoms with Gasteiger partial charge in [0.1, 0.15) is 11.4 Å². The number of fused-ring (bicyclic) bond motifs is 3. The van der Waals surface area contributed by atoms with E-state index in [2.05, 4.69) is 37.0 Å². The molecule has 0 aliphatic carbocycles. The number of para-hydroxylation sites is 1. The summed E-state index contributed by atoms with van der Waals surface area (Å²) in [6, 6.07) is 6.43. The fourth-order valence-electron chi connectivity index (χ4n) is 3.75. The van der Waals surface area contributed by atoms with E-state index in [0.29, 0.717) is 12.4 Å². The minimum absolute atomic E-state index is 0.218. The van der Waals surface area contributed by atoms with Gasteiger partial charge in [-0.3, -0.25) is 4.79 Å². The zero-order valence-electron chi connectivity index (χ0n) is 15.6. The van der Waals surface area contributed by atoms with Gasteiger partial charge in [-0.25, -0.2) is 0 Å². The van der Waals surface area contributed by atoms with E-state index < -0.39 is 5.60 Å². The Bertz CT molecular complexity index is 818. The van der Waals surface area contributed by atoms with Gasteiger partial charge in [-0.05, 0) is 50.3 Å². The van der Waals surface area contributed by atoms with Crippen LogP contribution in [-0.4, -0.2) is 17.6 Å². The number of hydrogen-bond acceptors (Lipinski definition) is 3. The molecule has 0 fully saturated rings. The highest BCUT2D eigenvalue weighted by atomic mass is 16.5. The number of H-pyrrole nitrogens is 1. The normalized spacial score (nSPS) is 20.6. The predicted octanol–water partition coefficient (Wildman–Crippen LogP) is 4.77. The van der Waals surface area contributed by atoms with Crippen LogP contribution >= 0.6 is 0 Å². The van der Waals surface area contributed by atoms with Crippen LogP contribution in [-0.2, 0) is 32.7 Å². The van der Waals surface area contributed by atoms with Crippen LogP contribution in [0.5, 0.6) is 0 Å². The first-order valence-electron chi connectivity index (χ1n) is 9.15. The van der Waals surface area contributed by atoms with E-state index in [9.17, 15) is 4.79 Å². The summed E-state index contributed by atoms with van der Waals surface area (Å²) < 4.78 is 11.6. The van der Waals surface area contributed by atoms with Gasteiger partial charge in [0.05, 0.1) is 18.7 Å². The highest BCUT2D eigenvalue weighted by Gasteiger charge is 2.41. The Balaban J connectivity index is 2.05. The lowest BCUT2D eigenvalue weighted by molar-refractivity contribution is -0.151. The molecule has 2 aromatic rings. The van der Waals surface area contributed by atoms with Crippen molar-refractivity contribution >= 4 is 16.9 Å². The number of carbonyl (C=O) groups is 1. The molecule has 134 valence electrons. The molecule has 4 nitrogen and oxygen atoms in total. The molecule has 1 unspecified atom stereocenters. The average Bonchev–Trinajstić information content (AvgIpc) is 3.01. The maximum absolute atomic E-state index is 12.4. The third-order valence-electron chi connectivity index (χ3n) is 5.28. The van der Waals surface area contributed by atoms with E-state index in [0.717, 1.165) is 25.0 Å². The summed E-state index contributed by atoms with van der Waals surface area (Å²) in [5, 5.41) is 1.26. The maximum atomic E-state index is 12.4. The summed E-state index contributed by atoms with van der Waals surface area (Å²) in [7, 11) is 0. The molecule has 4 heteroatoms. The number of carbonyl (C=O) groups excluding carboxylic acids is 1. The van der Waals surface area contributed by atoms with E-state index in [4.69, 9.17) is 9.47 Å². The number of aromatic amines is 1. The summed E-state index contributed by atoms with van der Waals surface area (Å²) in [6.45, 7) is 8.50. The zero-order valence-corrected chi connectivity index (χ0v) is 15.6. The van der Waals surface area contributed by atoms with E-state index in [-0.39, 0.29) is 12.4 Å². The largest absolute Gasteiger partial charge is 0.432 e. The number of ether oxygens (including phenoxy) is 2. The minimum atomic E-state index is -0.636. The fourth-order valence-corrected chi connectivity index (χ4v) is 3.75. The third-order valence-corrected chi connectivity index (χ3v) is 5.28. The van der Waals surface area contributed by atoms with Crippen molar-refractivity contribution in [2.45, 2.75) is 59.0 Å². The SMILES string of the molecule is CC=C(C)OC(=O)CC1(CC)OCCc2c1[nH]c1c(CC)cccc21. The standard InChI is InChI=1S/C21H27NO3/c1-5-14(4)25-18(23)13-21(7-3)20-17(11-12-24-21)16-10-8-9-15(6-2)19(16)22-20/h5,8-10,22H,6-7,11-13H2,1-4H3. The molecule has 0 amide bonds. The van der Waals surface area contributed by atoms with Crippen molar-refractivity contribution < 1.29 is 14.3 Å². The zero-order chi connectivity index (χ0) is 18.0. The smallest absolute Gasteiger partial charge is 0.314 e. The molecular formula is C21H27NO3. The van der Waals surface area contributed by atoms with Crippen LogP contribution < -0.4 is 0 Å². The number of rotatable bonds is 5. The molecule has 1 aliphatic heterocycles. The molecular weight excluding hydrogens is 314 g/mol. The lowest BCUT2D eigenvalue weighted by Crippen LogP contribution is -2.37. The van der Waals surface area contributed by atoms with Crippen molar-refractivity contribution in [2.75, 3.05) is 6.61 Å². The quantitative estimate of drug-likeness (QED) is 0.630. The van der Waals surface area contributed by atoms with Crippen molar-refractivity contribution in [2.24, 2.45) is 0 Å². The molecule has 1 aromatic carbocycles. The van der Waals surface area contributed by atoms with E-state index in [1.165, 1.54) is 22.0 Å². The number of benzene rings is 1. The van der Waals surface area contributed by atoms with Crippen molar-refractivity contribution in [3.05, 3.63) is 46.9 Å². The van der Waals surface area contributed by atoms with Gasteiger partial charge in [0.25, 0.3) is 0 Å². The molecule has 0 bridgehead atoms. The summed E-state index contributed by atoms with van der Waals surface area (Å²) in [5.41, 5.74) is 4.17. The minimum Gasteiger partial charge on any atom is -0.432 e. The molecule has 1 atom stereocenters. The first-order valence-corrected chi connectivity index (χ1v) is 9.15. The summed E-state index contributed by atoms with van der Waals surface area (Å²) in [6.07, 6.45) is 4.57. The van der Waals surface area contributed by atoms with Crippen LogP contribution in [0.4, 0.5) is 0 Å². The lowest BCUT2D eigenvalue weighted by Gasteiger charge is -2.36. The van der Waals surface area contributed by atoms with Crippen molar-refractivity contribution in [3.8, 4) is 0 Å². The third kappa shape index (κ3) is 3.11. The summed E-state index contributed by atoms with van der Waals surface area (Å²) in [4.78, 5) is 16.0. The van der Waals surface area contributed by atoms with E-state index >= 15 is 0 Å². The first-order chi connectivity index (χ1) is 12.0. The Kier molecular flexibility index (Phi) is 5.00. The number of aromatic nitrogens is 1. The molecule has 0 radical (unpaired) electrons.